The van der Waals surface area contributed by atoms with Crippen molar-refractivity contribution in [1.82, 2.24) is 19.9 Å². The van der Waals surface area contributed by atoms with Gasteiger partial charge in [-0.15, -0.1) is 0 Å². The number of nitrogens with one attached hydrogen (secondary N) is 4. The number of nitrogens with two attached hydrogens (primary N) is 1. The van der Waals surface area contributed by atoms with Crippen molar-refractivity contribution in [1.29, 1.82) is 0 Å². The van der Waals surface area contributed by atoms with E-state index in [0.29, 0.717) is 19.0 Å². The van der Waals surface area contributed by atoms with E-state index in [0.717, 1.165) is 33.5 Å². The Labute approximate surface area is 167 Å². The smallest absolute Gasteiger partial charge is 0.229 e. The van der Waals surface area contributed by atoms with Crippen molar-refractivity contribution in [3.63, 3.8) is 0 Å². The van der Waals surface area contributed by atoms with Crippen LogP contribution in [0.5, 0.6) is 0 Å². The SMILES string of the molecule is NCc1cc(Nc2nccc(NCc3ccc4[nH]ccc4c3)n2)c2cc[nH]c2c1. The number of anilines is 3. The third-order valence-corrected chi connectivity index (χ3v) is 4.96. The van der Waals surface area contributed by atoms with Crippen LogP contribution in [0, 0.1) is 0 Å². The highest BCUT2D eigenvalue weighted by atomic mass is 15.1. The molecule has 0 amide bonds. The first-order valence-electron chi connectivity index (χ1n) is 9.48. The van der Waals surface area contributed by atoms with Crippen LogP contribution in [0.3, 0.4) is 0 Å². The minimum Gasteiger partial charge on any atom is -0.366 e. The molecular weight excluding hydrogens is 362 g/mol. The number of nitrogens with zero attached hydrogens (tertiary/aromatic N) is 2. The van der Waals surface area contributed by atoms with Crippen LogP contribution in [-0.4, -0.2) is 19.9 Å². The van der Waals surface area contributed by atoms with E-state index in [-0.39, 0.29) is 0 Å². The average Bonchev–Trinajstić information content (AvgIpc) is 3.41. The molecule has 7 heteroatoms. The van der Waals surface area contributed by atoms with Gasteiger partial charge in [-0.05, 0) is 59.0 Å². The van der Waals surface area contributed by atoms with E-state index in [1.807, 2.05) is 30.6 Å². The van der Waals surface area contributed by atoms with Crippen LogP contribution in [0.4, 0.5) is 17.5 Å². The molecule has 2 aromatic carbocycles. The number of fused-ring (bicyclic) bond motifs is 2. The van der Waals surface area contributed by atoms with Gasteiger partial charge in [-0.3, -0.25) is 0 Å². The van der Waals surface area contributed by atoms with Crippen molar-refractivity contribution < 1.29 is 0 Å². The van der Waals surface area contributed by atoms with Crippen LogP contribution in [0.25, 0.3) is 21.8 Å². The van der Waals surface area contributed by atoms with E-state index < -0.39 is 0 Å². The van der Waals surface area contributed by atoms with E-state index in [4.69, 9.17) is 5.73 Å². The zero-order valence-electron chi connectivity index (χ0n) is 15.7. The maximum absolute atomic E-state index is 5.83. The molecule has 0 radical (unpaired) electrons. The lowest BCUT2D eigenvalue weighted by atomic mass is 10.1. The number of rotatable bonds is 6. The molecule has 0 fully saturated rings. The van der Waals surface area contributed by atoms with Crippen LogP contribution >= 0.6 is 0 Å². The molecular formula is C22H21N7. The summed E-state index contributed by atoms with van der Waals surface area (Å²) < 4.78 is 0. The lowest BCUT2D eigenvalue weighted by Gasteiger charge is -2.11. The second-order valence-corrected chi connectivity index (χ2v) is 6.93. The van der Waals surface area contributed by atoms with Gasteiger partial charge in [0.15, 0.2) is 0 Å². The summed E-state index contributed by atoms with van der Waals surface area (Å²) >= 11 is 0. The Morgan fingerprint density at radius 1 is 0.897 bits per heavy atom. The number of hydrogen-bond acceptors (Lipinski definition) is 5. The molecule has 0 aliphatic rings. The van der Waals surface area contributed by atoms with Crippen LogP contribution in [0.2, 0.25) is 0 Å². The normalized spacial score (nSPS) is 11.2. The van der Waals surface area contributed by atoms with E-state index >= 15 is 0 Å². The molecule has 0 atom stereocenters. The van der Waals surface area contributed by atoms with Crippen molar-refractivity contribution in [2.24, 2.45) is 5.73 Å². The summed E-state index contributed by atoms with van der Waals surface area (Å²) in [6.07, 6.45) is 5.61. The van der Waals surface area contributed by atoms with Gasteiger partial charge in [-0.25, -0.2) is 4.98 Å². The summed E-state index contributed by atoms with van der Waals surface area (Å²) in [5.74, 6) is 1.30. The third-order valence-electron chi connectivity index (χ3n) is 4.96. The number of H-pyrrole nitrogens is 2. The zero-order chi connectivity index (χ0) is 19.6. The fourth-order valence-electron chi connectivity index (χ4n) is 3.49. The highest BCUT2D eigenvalue weighted by molar-refractivity contribution is 5.94. The van der Waals surface area contributed by atoms with Gasteiger partial charge >= 0.3 is 0 Å². The zero-order valence-corrected chi connectivity index (χ0v) is 15.7. The van der Waals surface area contributed by atoms with E-state index in [1.54, 1.807) is 6.20 Å². The Hall–Kier alpha value is -3.84. The fourth-order valence-corrected chi connectivity index (χ4v) is 3.49. The van der Waals surface area contributed by atoms with Gasteiger partial charge in [0.25, 0.3) is 0 Å². The van der Waals surface area contributed by atoms with E-state index in [1.165, 1.54) is 10.9 Å². The van der Waals surface area contributed by atoms with E-state index in [2.05, 4.69) is 60.9 Å². The highest BCUT2D eigenvalue weighted by Crippen LogP contribution is 2.27. The maximum atomic E-state index is 5.83. The Balaban J connectivity index is 1.35. The van der Waals surface area contributed by atoms with Crippen molar-refractivity contribution in [3.8, 4) is 0 Å². The predicted octanol–water partition coefficient (Wildman–Crippen LogP) is 4.25. The van der Waals surface area contributed by atoms with Crippen LogP contribution in [0.15, 0.2) is 67.1 Å². The minimum atomic E-state index is 0.470. The van der Waals surface area contributed by atoms with Crippen LogP contribution < -0.4 is 16.4 Å². The molecule has 144 valence electrons. The van der Waals surface area contributed by atoms with Crippen molar-refractivity contribution in [3.05, 3.63) is 78.2 Å². The highest BCUT2D eigenvalue weighted by Gasteiger charge is 2.07. The van der Waals surface area contributed by atoms with Gasteiger partial charge in [-0.1, -0.05) is 6.07 Å². The van der Waals surface area contributed by atoms with Gasteiger partial charge < -0.3 is 26.3 Å². The van der Waals surface area contributed by atoms with Crippen LogP contribution in [0.1, 0.15) is 11.1 Å². The average molecular weight is 383 g/mol. The van der Waals surface area contributed by atoms with Gasteiger partial charge in [0.05, 0.1) is 5.69 Å². The molecule has 0 bridgehead atoms. The molecule has 6 N–H and O–H groups in total. The molecule has 0 aliphatic heterocycles. The Bertz CT molecular complexity index is 1280. The predicted molar refractivity (Wildman–Crippen MR) is 117 cm³/mol. The molecule has 0 saturated carbocycles. The van der Waals surface area contributed by atoms with Crippen molar-refractivity contribution in [2.45, 2.75) is 13.1 Å². The molecule has 29 heavy (non-hydrogen) atoms. The van der Waals surface area contributed by atoms with Gasteiger partial charge in [-0.2, -0.15) is 4.98 Å². The second-order valence-electron chi connectivity index (χ2n) is 6.93. The number of aromatic amines is 2. The quantitative estimate of drug-likeness (QED) is 0.301. The molecule has 0 aliphatic carbocycles. The Morgan fingerprint density at radius 3 is 2.72 bits per heavy atom. The molecule has 0 unspecified atom stereocenters. The Kier molecular flexibility index (Phi) is 4.34. The summed E-state index contributed by atoms with van der Waals surface area (Å²) in [6.45, 7) is 1.15. The van der Waals surface area contributed by atoms with Crippen molar-refractivity contribution >= 4 is 39.3 Å². The summed E-state index contributed by atoms with van der Waals surface area (Å²) in [7, 11) is 0. The lowest BCUT2D eigenvalue weighted by Crippen LogP contribution is -2.05. The standard InChI is InChI=1S/C22H21N7/c23-12-15-10-19-17(4-7-25-19)20(11-15)28-22-26-8-5-21(29-22)27-13-14-1-2-18-16(9-14)3-6-24-18/h1-11,24-25H,12-13,23H2,(H2,26,27,28,29). The second kappa shape index (κ2) is 7.29. The number of benzene rings is 2. The van der Waals surface area contributed by atoms with Gasteiger partial charge in [0.2, 0.25) is 5.95 Å². The van der Waals surface area contributed by atoms with Gasteiger partial charge in [0, 0.05) is 48.1 Å². The number of aromatic nitrogens is 4. The largest absolute Gasteiger partial charge is 0.366 e. The summed E-state index contributed by atoms with van der Waals surface area (Å²) in [4.78, 5) is 15.4. The lowest BCUT2D eigenvalue weighted by molar-refractivity contribution is 1.07. The Morgan fingerprint density at radius 2 is 1.79 bits per heavy atom. The molecule has 5 rings (SSSR count). The monoisotopic (exact) mass is 383 g/mol. The van der Waals surface area contributed by atoms with Crippen molar-refractivity contribution in [2.75, 3.05) is 10.6 Å². The minimum absolute atomic E-state index is 0.470. The maximum Gasteiger partial charge on any atom is 0.229 e. The molecule has 0 spiro atoms. The molecule has 5 aromatic rings. The first kappa shape index (κ1) is 17.3. The van der Waals surface area contributed by atoms with Crippen LogP contribution in [-0.2, 0) is 13.1 Å². The van der Waals surface area contributed by atoms with Gasteiger partial charge in [0.1, 0.15) is 5.82 Å². The fraction of sp³-hybridized carbons (Fsp3) is 0.0909. The molecule has 7 nitrogen and oxygen atoms in total. The topological polar surface area (TPSA) is 107 Å². The molecule has 0 saturated heterocycles. The third kappa shape index (κ3) is 3.51. The summed E-state index contributed by atoms with van der Waals surface area (Å²) in [6, 6.07) is 16.4. The first-order valence-corrected chi connectivity index (χ1v) is 9.48. The first-order chi connectivity index (χ1) is 14.3. The van der Waals surface area contributed by atoms with E-state index in [9.17, 15) is 0 Å². The molecule has 3 heterocycles. The summed E-state index contributed by atoms with van der Waals surface area (Å²) in [5.41, 5.74) is 11.2. The molecule has 3 aromatic heterocycles. The number of hydrogen-bond donors (Lipinski definition) is 5. The summed E-state index contributed by atoms with van der Waals surface area (Å²) in [5, 5.41) is 8.97.